The van der Waals surface area contributed by atoms with E-state index in [2.05, 4.69) is 6.58 Å². The second kappa shape index (κ2) is 5.69. The molecule has 0 saturated heterocycles. The van der Waals surface area contributed by atoms with Gasteiger partial charge in [-0.3, -0.25) is 0 Å². The molecule has 18 heavy (non-hydrogen) atoms. The van der Waals surface area contributed by atoms with Crippen molar-refractivity contribution in [2.75, 3.05) is 0 Å². The predicted molar refractivity (Wildman–Crippen MR) is 79.2 cm³/mol. The molecule has 106 valence electrons. The van der Waals surface area contributed by atoms with Crippen molar-refractivity contribution in [3.05, 3.63) is 12.2 Å². The van der Waals surface area contributed by atoms with E-state index in [0.717, 1.165) is 0 Å². The summed E-state index contributed by atoms with van der Waals surface area (Å²) in [5, 5.41) is 0. The summed E-state index contributed by atoms with van der Waals surface area (Å²) in [4.78, 5) is 11.7. The number of carbonyl (C=O) groups excluding carboxylic acids is 1. The standard InChI is InChI=1S/C12H26O4Si2/c1-8(2)9(13)14-11(5,6)10(3,4)12(7,15-17)16-18/h1H2,2-7,17-18H3. The molecule has 0 amide bonds. The van der Waals surface area contributed by atoms with Crippen LogP contribution >= 0.6 is 0 Å². The van der Waals surface area contributed by atoms with Crippen molar-refractivity contribution in [3.8, 4) is 0 Å². The molecule has 0 aliphatic heterocycles. The van der Waals surface area contributed by atoms with Crippen molar-refractivity contribution in [3.63, 3.8) is 0 Å². The molecular weight excluding hydrogens is 264 g/mol. The zero-order chi connectivity index (χ0) is 14.8. The van der Waals surface area contributed by atoms with Crippen molar-refractivity contribution in [1.29, 1.82) is 0 Å². The first kappa shape index (κ1) is 17.6. The summed E-state index contributed by atoms with van der Waals surface area (Å²) in [5.41, 5.74) is -0.833. The van der Waals surface area contributed by atoms with Gasteiger partial charge < -0.3 is 13.6 Å². The minimum absolute atomic E-state index is 0.388. The molecule has 0 heterocycles. The summed E-state index contributed by atoms with van der Waals surface area (Å²) in [5.74, 6) is -1.14. The maximum Gasteiger partial charge on any atom is 0.333 e. The highest BCUT2D eigenvalue weighted by Gasteiger charge is 2.53. The van der Waals surface area contributed by atoms with Crippen LogP contribution in [0.4, 0.5) is 0 Å². The summed E-state index contributed by atoms with van der Waals surface area (Å²) in [6.45, 7) is 14.8. The fourth-order valence-corrected chi connectivity index (χ4v) is 3.27. The molecule has 0 rings (SSSR count). The van der Waals surface area contributed by atoms with Crippen LogP contribution in [-0.2, 0) is 18.4 Å². The molecule has 6 heteroatoms. The Morgan fingerprint density at radius 2 is 1.44 bits per heavy atom. The van der Waals surface area contributed by atoms with Crippen molar-refractivity contribution >= 4 is 26.9 Å². The van der Waals surface area contributed by atoms with Gasteiger partial charge in [-0.25, -0.2) is 4.79 Å². The number of carbonyl (C=O) groups is 1. The number of rotatable bonds is 6. The van der Waals surface area contributed by atoms with E-state index in [0.29, 0.717) is 26.5 Å². The highest BCUT2D eigenvalue weighted by atomic mass is 28.2. The van der Waals surface area contributed by atoms with Crippen LogP contribution < -0.4 is 0 Å². The van der Waals surface area contributed by atoms with E-state index in [1.807, 2.05) is 34.6 Å². The zero-order valence-corrected chi connectivity index (χ0v) is 16.8. The van der Waals surface area contributed by atoms with Gasteiger partial charge in [0.1, 0.15) is 26.6 Å². The van der Waals surface area contributed by atoms with E-state index < -0.39 is 22.8 Å². The first-order valence-corrected chi connectivity index (χ1v) is 7.57. The van der Waals surface area contributed by atoms with Gasteiger partial charge in [-0.2, -0.15) is 0 Å². The third-order valence-corrected chi connectivity index (χ3v) is 5.67. The Morgan fingerprint density at radius 1 is 1.06 bits per heavy atom. The lowest BCUT2D eigenvalue weighted by Gasteiger charge is -2.51. The molecule has 0 aromatic carbocycles. The van der Waals surface area contributed by atoms with Crippen LogP contribution in [0.15, 0.2) is 12.2 Å². The Balaban J connectivity index is 5.31. The number of hydrogen-bond acceptors (Lipinski definition) is 4. The largest absolute Gasteiger partial charge is 0.456 e. The monoisotopic (exact) mass is 290 g/mol. The number of hydrogen-bond donors (Lipinski definition) is 0. The van der Waals surface area contributed by atoms with Gasteiger partial charge in [-0.15, -0.1) is 0 Å². The lowest BCUT2D eigenvalue weighted by Crippen LogP contribution is -2.58. The molecule has 0 radical (unpaired) electrons. The summed E-state index contributed by atoms with van der Waals surface area (Å²) in [6.07, 6.45) is 0. The van der Waals surface area contributed by atoms with Crippen LogP contribution in [0.2, 0.25) is 0 Å². The van der Waals surface area contributed by atoms with Crippen molar-refractivity contribution in [1.82, 2.24) is 0 Å². The SMILES string of the molecule is C=C(C)C(=O)OC(C)(C)C(C)(C)C(C)(O[SiH3])O[SiH3]. The molecule has 0 fully saturated rings. The van der Waals surface area contributed by atoms with Gasteiger partial charge in [-0.05, 0) is 27.7 Å². The van der Waals surface area contributed by atoms with Gasteiger partial charge in [0.25, 0.3) is 0 Å². The van der Waals surface area contributed by atoms with E-state index in [9.17, 15) is 4.79 Å². The van der Waals surface area contributed by atoms with Crippen molar-refractivity contribution in [2.24, 2.45) is 5.41 Å². The van der Waals surface area contributed by atoms with Crippen LogP contribution in [0.3, 0.4) is 0 Å². The first-order chi connectivity index (χ1) is 7.95. The van der Waals surface area contributed by atoms with Crippen LogP contribution in [-0.4, -0.2) is 38.3 Å². The molecule has 4 nitrogen and oxygen atoms in total. The molecule has 0 aromatic rings. The highest BCUT2D eigenvalue weighted by Crippen LogP contribution is 2.45. The summed E-state index contributed by atoms with van der Waals surface area (Å²) >= 11 is 0. The average Bonchev–Trinajstić information content (AvgIpc) is 2.26. The molecule has 0 saturated carbocycles. The number of esters is 1. The summed E-state index contributed by atoms with van der Waals surface area (Å²) in [6, 6.07) is 0. The molecule has 0 bridgehead atoms. The van der Waals surface area contributed by atoms with Gasteiger partial charge in [0.15, 0.2) is 5.79 Å². The maximum absolute atomic E-state index is 11.7. The highest BCUT2D eigenvalue weighted by molar-refractivity contribution is 6.00. The Kier molecular flexibility index (Phi) is 5.55. The minimum Gasteiger partial charge on any atom is -0.456 e. The third-order valence-electron chi connectivity index (χ3n) is 4.12. The lowest BCUT2D eigenvalue weighted by molar-refractivity contribution is -0.240. The van der Waals surface area contributed by atoms with Crippen LogP contribution in [0, 0.1) is 5.41 Å². The van der Waals surface area contributed by atoms with Gasteiger partial charge in [0, 0.05) is 5.57 Å². The second-order valence-corrected chi connectivity index (χ2v) is 6.48. The first-order valence-electron chi connectivity index (χ1n) is 5.94. The smallest absolute Gasteiger partial charge is 0.333 e. The molecule has 0 atom stereocenters. The third kappa shape index (κ3) is 3.11. The molecule has 0 aliphatic rings. The number of ether oxygens (including phenoxy) is 1. The summed E-state index contributed by atoms with van der Waals surface area (Å²) < 4.78 is 16.8. The molecule has 0 aliphatic carbocycles. The van der Waals surface area contributed by atoms with Gasteiger partial charge in [0.2, 0.25) is 0 Å². The summed E-state index contributed by atoms with van der Waals surface area (Å²) in [7, 11) is 1.11. The Morgan fingerprint density at radius 3 is 1.72 bits per heavy atom. The zero-order valence-electron chi connectivity index (χ0n) is 12.8. The van der Waals surface area contributed by atoms with Crippen LogP contribution in [0.1, 0.15) is 41.5 Å². The molecule has 0 aromatic heterocycles. The van der Waals surface area contributed by atoms with Gasteiger partial charge in [0.05, 0.1) is 5.41 Å². The van der Waals surface area contributed by atoms with Crippen LogP contribution in [0.25, 0.3) is 0 Å². The molecule has 0 unspecified atom stereocenters. The fourth-order valence-electron chi connectivity index (χ4n) is 1.59. The fraction of sp³-hybridized carbons (Fsp3) is 0.750. The van der Waals surface area contributed by atoms with E-state index in [4.69, 9.17) is 13.6 Å². The Bertz CT molecular complexity index is 333. The molecular formula is C12H26O4Si2. The lowest BCUT2D eigenvalue weighted by atomic mass is 9.71. The second-order valence-electron chi connectivity index (χ2n) is 5.66. The van der Waals surface area contributed by atoms with Crippen molar-refractivity contribution < 1.29 is 18.4 Å². The van der Waals surface area contributed by atoms with Crippen molar-refractivity contribution in [2.45, 2.75) is 52.9 Å². The average molecular weight is 291 g/mol. The predicted octanol–water partition coefficient (Wildman–Crippen LogP) is 0.221. The van der Waals surface area contributed by atoms with Gasteiger partial charge in [-0.1, -0.05) is 20.4 Å². The molecule has 0 spiro atoms. The topological polar surface area (TPSA) is 44.8 Å². The van der Waals surface area contributed by atoms with E-state index in [1.54, 1.807) is 6.92 Å². The van der Waals surface area contributed by atoms with E-state index >= 15 is 0 Å². The van der Waals surface area contributed by atoms with Crippen LogP contribution in [0.5, 0.6) is 0 Å². The minimum atomic E-state index is -0.746. The van der Waals surface area contributed by atoms with E-state index in [1.165, 1.54) is 0 Å². The van der Waals surface area contributed by atoms with E-state index in [-0.39, 0.29) is 0 Å². The Hall–Kier alpha value is -0.436. The van der Waals surface area contributed by atoms with Gasteiger partial charge >= 0.3 is 5.97 Å². The Labute approximate surface area is 116 Å². The maximum atomic E-state index is 11.7. The normalized spacial score (nSPS) is 16.3. The quantitative estimate of drug-likeness (QED) is 0.304. The molecule has 0 N–H and O–H groups in total.